The highest BCUT2D eigenvalue weighted by atomic mass is 32.2. The first-order valence-corrected chi connectivity index (χ1v) is 16.2. The normalized spacial score (nSPS) is 22.2. The van der Waals surface area contributed by atoms with Crippen LogP contribution in [0.1, 0.15) is 72.1 Å². The van der Waals surface area contributed by atoms with Crippen molar-refractivity contribution in [2.45, 2.75) is 81.7 Å². The third kappa shape index (κ3) is 5.98. The second-order valence-corrected chi connectivity index (χ2v) is 13.7. The number of alkyl halides is 1. The van der Waals surface area contributed by atoms with Crippen LogP contribution in [-0.2, 0) is 34.3 Å². The molecule has 3 heterocycles. The quantitative estimate of drug-likeness (QED) is 0.426. The average molecular weight is 579 g/mol. The number of rotatable bonds is 7. The van der Waals surface area contributed by atoms with Crippen LogP contribution in [0.2, 0.25) is 0 Å². The molecule has 1 aromatic heterocycles. The molecule has 9 heteroatoms. The predicted molar refractivity (Wildman–Crippen MR) is 157 cm³/mol. The number of likely N-dealkylation sites (tertiary alicyclic amines) is 1. The van der Waals surface area contributed by atoms with Gasteiger partial charge in [0.15, 0.2) is 0 Å². The number of aryl methyl sites for hydroxylation is 2. The largest absolute Gasteiger partial charge is 0.349 e. The van der Waals surface area contributed by atoms with Crippen molar-refractivity contribution in [1.82, 2.24) is 19.1 Å². The second kappa shape index (κ2) is 11.7. The Kier molecular flexibility index (Phi) is 8.03. The van der Waals surface area contributed by atoms with E-state index >= 15 is 0 Å². The first-order valence-electron chi connectivity index (χ1n) is 14.8. The van der Waals surface area contributed by atoms with Crippen LogP contribution in [0.5, 0.6) is 0 Å². The molecule has 0 spiro atoms. The molecule has 0 radical (unpaired) electrons. The van der Waals surface area contributed by atoms with E-state index in [-0.39, 0.29) is 23.3 Å². The number of carbonyl (C=O) groups excluding carboxylic acids is 1. The Bertz CT molecular complexity index is 1500. The number of piperidine rings is 1. The van der Waals surface area contributed by atoms with Gasteiger partial charge in [0.25, 0.3) is 0 Å². The first-order chi connectivity index (χ1) is 19.8. The lowest BCUT2D eigenvalue weighted by Crippen LogP contribution is -2.44. The van der Waals surface area contributed by atoms with Crippen LogP contribution in [-0.4, -0.2) is 53.9 Å². The van der Waals surface area contributed by atoms with Gasteiger partial charge in [-0.25, -0.2) is 12.8 Å². The van der Waals surface area contributed by atoms with E-state index in [0.29, 0.717) is 25.9 Å². The van der Waals surface area contributed by atoms with Crippen LogP contribution in [0.25, 0.3) is 0 Å². The molecule has 1 fully saturated rings. The van der Waals surface area contributed by atoms with Crippen LogP contribution in [0.4, 0.5) is 4.39 Å². The molecule has 41 heavy (non-hydrogen) atoms. The lowest BCUT2D eigenvalue weighted by molar-refractivity contribution is -0.123. The molecular formula is C32H39FN4O3S. The maximum absolute atomic E-state index is 13.7. The summed E-state index contributed by atoms with van der Waals surface area (Å²) >= 11 is 0. The van der Waals surface area contributed by atoms with Gasteiger partial charge in [0, 0.05) is 51.0 Å². The molecule has 1 aliphatic carbocycles. The number of aromatic nitrogens is 1. The van der Waals surface area contributed by atoms with Crippen molar-refractivity contribution in [2.24, 2.45) is 0 Å². The highest BCUT2D eigenvalue weighted by molar-refractivity contribution is 7.89. The van der Waals surface area contributed by atoms with Crippen molar-refractivity contribution >= 4 is 15.9 Å². The van der Waals surface area contributed by atoms with Crippen molar-refractivity contribution in [3.8, 4) is 0 Å². The van der Waals surface area contributed by atoms with Gasteiger partial charge in [-0.3, -0.25) is 9.69 Å². The number of hydrogen-bond donors (Lipinski definition) is 1. The van der Waals surface area contributed by atoms with Crippen LogP contribution in [0, 0.1) is 6.92 Å². The number of carbonyl (C=O) groups is 1. The zero-order valence-corrected chi connectivity index (χ0v) is 24.5. The summed E-state index contributed by atoms with van der Waals surface area (Å²) in [5, 5.41) is 3.25. The molecule has 1 saturated heterocycles. The molecule has 218 valence electrons. The third-order valence-corrected chi connectivity index (χ3v) is 10.8. The topological polar surface area (TPSA) is 74.6 Å². The lowest BCUT2D eigenvalue weighted by Gasteiger charge is -2.36. The van der Waals surface area contributed by atoms with E-state index in [1.54, 1.807) is 24.3 Å². The Hall–Kier alpha value is -3.01. The van der Waals surface area contributed by atoms with Crippen molar-refractivity contribution in [2.75, 3.05) is 19.6 Å². The van der Waals surface area contributed by atoms with E-state index in [1.165, 1.54) is 15.4 Å². The molecule has 2 aromatic carbocycles. The fraction of sp³-hybridized carbons (Fsp3) is 0.469. The Morgan fingerprint density at radius 3 is 2.56 bits per heavy atom. The highest BCUT2D eigenvalue weighted by Crippen LogP contribution is 2.35. The number of halogens is 1. The minimum Gasteiger partial charge on any atom is -0.349 e. The van der Waals surface area contributed by atoms with Crippen LogP contribution in [0.3, 0.4) is 0 Å². The van der Waals surface area contributed by atoms with Gasteiger partial charge in [0.2, 0.25) is 15.9 Å². The minimum atomic E-state index is -3.78. The van der Waals surface area contributed by atoms with E-state index in [9.17, 15) is 17.6 Å². The first kappa shape index (κ1) is 28.1. The Morgan fingerprint density at radius 2 is 1.78 bits per heavy atom. The highest BCUT2D eigenvalue weighted by Gasteiger charge is 2.38. The fourth-order valence-corrected chi connectivity index (χ4v) is 8.24. The molecule has 0 saturated carbocycles. The van der Waals surface area contributed by atoms with Gasteiger partial charge < -0.3 is 9.88 Å². The van der Waals surface area contributed by atoms with E-state index in [1.807, 2.05) is 29.8 Å². The van der Waals surface area contributed by atoms with Gasteiger partial charge in [-0.1, -0.05) is 35.9 Å². The molecule has 3 aliphatic rings. The Morgan fingerprint density at radius 1 is 1.00 bits per heavy atom. The summed E-state index contributed by atoms with van der Waals surface area (Å²) in [7, 11) is -3.78. The van der Waals surface area contributed by atoms with Gasteiger partial charge >= 0.3 is 0 Å². The molecule has 2 atom stereocenters. The van der Waals surface area contributed by atoms with Crippen molar-refractivity contribution in [3.05, 3.63) is 88.7 Å². The summed E-state index contributed by atoms with van der Waals surface area (Å²) in [6, 6.07) is 16.6. The maximum atomic E-state index is 13.7. The van der Waals surface area contributed by atoms with Gasteiger partial charge in [-0.05, 0) is 80.0 Å². The zero-order chi connectivity index (χ0) is 28.6. The summed E-state index contributed by atoms with van der Waals surface area (Å²) in [5.41, 5.74) is 5.47. The summed E-state index contributed by atoms with van der Waals surface area (Å²) in [5.74, 6) is -0.148. The fourth-order valence-electron chi connectivity index (χ4n) is 6.65. The SMILES string of the molecule is Cc1ccc(S(=O)(=O)N2CCn3cccc3C2CC(=O)N[C@@H]2CCCc3cc(CN4CCC(F)CC4)ccc32)cc1. The van der Waals surface area contributed by atoms with Gasteiger partial charge in [-0.2, -0.15) is 4.31 Å². The van der Waals surface area contributed by atoms with Crippen LogP contribution < -0.4 is 5.32 Å². The number of sulfonamides is 1. The third-order valence-electron chi connectivity index (χ3n) is 8.90. The lowest BCUT2D eigenvalue weighted by atomic mass is 9.86. The average Bonchev–Trinajstić information content (AvgIpc) is 3.44. The number of nitrogens with one attached hydrogen (secondary N) is 1. The van der Waals surface area contributed by atoms with Crippen LogP contribution >= 0.6 is 0 Å². The van der Waals surface area contributed by atoms with Gasteiger partial charge in [-0.15, -0.1) is 0 Å². The van der Waals surface area contributed by atoms with Gasteiger partial charge in [0.1, 0.15) is 6.17 Å². The van der Waals surface area contributed by atoms with Crippen molar-refractivity contribution < 1.29 is 17.6 Å². The van der Waals surface area contributed by atoms with Crippen molar-refractivity contribution in [3.63, 3.8) is 0 Å². The molecule has 3 aromatic rings. The monoisotopic (exact) mass is 578 g/mol. The predicted octanol–water partition coefficient (Wildman–Crippen LogP) is 5.06. The smallest absolute Gasteiger partial charge is 0.243 e. The number of nitrogens with zero attached hydrogens (tertiary/aromatic N) is 3. The molecule has 0 bridgehead atoms. The summed E-state index contributed by atoms with van der Waals surface area (Å²) in [6.45, 7) is 5.20. The Labute approximate surface area is 242 Å². The summed E-state index contributed by atoms with van der Waals surface area (Å²) in [4.78, 5) is 16.1. The number of fused-ring (bicyclic) bond motifs is 2. The molecule has 6 rings (SSSR count). The second-order valence-electron chi connectivity index (χ2n) is 11.8. The van der Waals surface area contributed by atoms with Gasteiger partial charge in [0.05, 0.1) is 17.0 Å². The van der Waals surface area contributed by atoms with E-state index in [4.69, 9.17) is 0 Å². The van der Waals surface area contributed by atoms with Crippen LogP contribution in [0.15, 0.2) is 65.7 Å². The molecular weight excluding hydrogens is 539 g/mol. The molecule has 1 N–H and O–H groups in total. The number of hydrogen-bond acceptors (Lipinski definition) is 4. The van der Waals surface area contributed by atoms with E-state index in [0.717, 1.165) is 55.7 Å². The van der Waals surface area contributed by atoms with E-state index < -0.39 is 22.2 Å². The number of benzene rings is 2. The minimum absolute atomic E-state index is 0.0591. The van der Waals surface area contributed by atoms with Crippen molar-refractivity contribution in [1.29, 1.82) is 0 Å². The Balaban J connectivity index is 1.17. The number of amides is 1. The zero-order valence-electron chi connectivity index (χ0n) is 23.6. The molecule has 1 amide bonds. The molecule has 1 unspecified atom stereocenters. The summed E-state index contributed by atoms with van der Waals surface area (Å²) < 4.78 is 44.6. The standard InChI is InChI=1S/C32H39FN4O3S/c1-23-7-10-27(11-8-23)41(39,40)37-19-18-36-15-3-6-30(36)31(37)21-32(38)34-29-5-2-4-25-20-24(9-12-28(25)29)22-35-16-13-26(33)14-17-35/h3,6-12,15,20,26,29,31H,2,4-5,13-14,16-19,21-22H2,1H3,(H,34,38)/t29-,31?/m1/s1. The summed E-state index contributed by atoms with van der Waals surface area (Å²) in [6.07, 6.45) is 5.36. The maximum Gasteiger partial charge on any atom is 0.243 e. The van der Waals surface area contributed by atoms with E-state index in [2.05, 4.69) is 28.4 Å². The molecule has 7 nitrogen and oxygen atoms in total. The molecule has 2 aliphatic heterocycles.